The summed E-state index contributed by atoms with van der Waals surface area (Å²) >= 11 is 0. The lowest BCUT2D eigenvalue weighted by atomic mass is 10.1. The van der Waals surface area contributed by atoms with E-state index in [-0.39, 0.29) is 12.6 Å². The van der Waals surface area contributed by atoms with Crippen LogP contribution in [0.4, 0.5) is 4.79 Å². The Kier molecular flexibility index (Phi) is 6.08. The van der Waals surface area contributed by atoms with Crippen LogP contribution in [0.5, 0.6) is 0 Å². The van der Waals surface area contributed by atoms with Crippen molar-refractivity contribution >= 4 is 11.9 Å². The van der Waals surface area contributed by atoms with E-state index in [1.165, 1.54) is 0 Å². The van der Waals surface area contributed by atoms with E-state index in [4.69, 9.17) is 4.74 Å². The maximum absolute atomic E-state index is 11.4. The minimum atomic E-state index is -0.568. The van der Waals surface area contributed by atoms with Crippen LogP contribution >= 0.6 is 0 Å². The molecule has 2 amide bonds. The number of benzene rings is 2. The van der Waals surface area contributed by atoms with Crippen molar-refractivity contribution in [2.24, 2.45) is 4.99 Å². The molecule has 3 rings (SSSR count). The smallest absolute Gasteiger partial charge is 0.342 e. The van der Waals surface area contributed by atoms with Crippen molar-refractivity contribution in [1.29, 1.82) is 0 Å². The van der Waals surface area contributed by atoms with E-state index in [0.29, 0.717) is 24.1 Å². The van der Waals surface area contributed by atoms with Crippen LogP contribution in [-0.2, 0) is 4.74 Å². The van der Waals surface area contributed by atoms with Gasteiger partial charge in [0.25, 0.3) is 0 Å². The van der Waals surface area contributed by atoms with E-state index in [1.807, 2.05) is 54.6 Å². The molecular weight excluding hydrogens is 342 g/mol. The quantitative estimate of drug-likeness (QED) is 0.498. The molecular formula is C21H21N3O3. The number of ether oxygens (including phenoxy) is 1. The average molecular weight is 363 g/mol. The number of aliphatic imine (C=N–C) groups is 1. The van der Waals surface area contributed by atoms with Crippen LogP contribution in [0.3, 0.4) is 0 Å². The number of rotatable bonds is 4. The summed E-state index contributed by atoms with van der Waals surface area (Å²) in [5.41, 5.74) is 2.73. The van der Waals surface area contributed by atoms with Gasteiger partial charge in [0.05, 0.1) is 0 Å². The van der Waals surface area contributed by atoms with Gasteiger partial charge >= 0.3 is 6.03 Å². The number of carbonyl (C=O) groups excluding carboxylic acids is 1. The molecule has 2 N–H and O–H groups in total. The van der Waals surface area contributed by atoms with Gasteiger partial charge in [-0.2, -0.15) is 5.06 Å². The average Bonchev–Trinajstić information content (AvgIpc) is 3.19. The van der Waals surface area contributed by atoms with Crippen molar-refractivity contribution in [2.45, 2.75) is 13.0 Å². The molecule has 0 saturated heterocycles. The van der Waals surface area contributed by atoms with E-state index >= 15 is 0 Å². The molecule has 1 atom stereocenters. The molecule has 6 nitrogen and oxygen atoms in total. The molecule has 2 aromatic rings. The normalized spacial score (nSPS) is 15.2. The fourth-order valence-electron chi connectivity index (χ4n) is 2.64. The van der Waals surface area contributed by atoms with Crippen molar-refractivity contribution < 1.29 is 14.7 Å². The molecule has 0 aromatic heterocycles. The molecule has 0 bridgehead atoms. The number of carbonyl (C=O) groups is 1. The van der Waals surface area contributed by atoms with Gasteiger partial charge in [-0.05, 0) is 30.7 Å². The molecule has 0 radical (unpaired) electrons. The van der Waals surface area contributed by atoms with Crippen LogP contribution in [0.15, 0.2) is 59.6 Å². The lowest BCUT2D eigenvalue weighted by molar-refractivity contribution is -0.0307. The van der Waals surface area contributed by atoms with Crippen molar-refractivity contribution in [2.75, 3.05) is 19.7 Å². The van der Waals surface area contributed by atoms with E-state index in [9.17, 15) is 10.0 Å². The maximum atomic E-state index is 11.4. The van der Waals surface area contributed by atoms with Gasteiger partial charge in [-0.3, -0.25) is 5.21 Å². The summed E-state index contributed by atoms with van der Waals surface area (Å²) in [4.78, 5) is 16.1. The predicted molar refractivity (Wildman–Crippen MR) is 103 cm³/mol. The molecule has 0 fully saturated rings. The van der Waals surface area contributed by atoms with Crippen LogP contribution in [0.25, 0.3) is 0 Å². The zero-order valence-corrected chi connectivity index (χ0v) is 15.1. The zero-order chi connectivity index (χ0) is 19.1. The largest absolute Gasteiger partial charge is 0.475 e. The third-order valence-electron chi connectivity index (χ3n) is 3.97. The Hall–Kier alpha value is -3.30. The van der Waals surface area contributed by atoms with Crippen molar-refractivity contribution in [3.63, 3.8) is 0 Å². The van der Waals surface area contributed by atoms with Crippen LogP contribution in [0.2, 0.25) is 0 Å². The van der Waals surface area contributed by atoms with Crippen molar-refractivity contribution in [1.82, 2.24) is 10.4 Å². The predicted octanol–water partition coefficient (Wildman–Crippen LogP) is 2.98. The molecule has 0 unspecified atom stereocenters. The van der Waals surface area contributed by atoms with Gasteiger partial charge in [0, 0.05) is 17.7 Å². The Bertz CT molecular complexity index is 884. The number of amides is 2. The Morgan fingerprint density at radius 2 is 2.11 bits per heavy atom. The highest BCUT2D eigenvalue weighted by atomic mass is 16.5. The van der Waals surface area contributed by atoms with Crippen LogP contribution in [0, 0.1) is 11.8 Å². The first-order chi connectivity index (χ1) is 13.2. The lowest BCUT2D eigenvalue weighted by Crippen LogP contribution is -2.37. The Balaban J connectivity index is 1.68. The fourth-order valence-corrected chi connectivity index (χ4v) is 2.64. The molecule has 1 heterocycles. The van der Waals surface area contributed by atoms with Gasteiger partial charge in [0.2, 0.25) is 5.90 Å². The minimum absolute atomic E-state index is 0.00374. The molecule has 1 aliphatic heterocycles. The molecule has 27 heavy (non-hydrogen) atoms. The zero-order valence-electron chi connectivity index (χ0n) is 15.1. The van der Waals surface area contributed by atoms with Crippen LogP contribution < -0.4 is 5.32 Å². The highest BCUT2D eigenvalue weighted by Crippen LogP contribution is 2.25. The maximum Gasteiger partial charge on any atom is 0.342 e. The summed E-state index contributed by atoms with van der Waals surface area (Å²) < 4.78 is 5.76. The van der Waals surface area contributed by atoms with Gasteiger partial charge in [-0.25, -0.2) is 9.79 Å². The number of nitrogens with one attached hydrogen (secondary N) is 1. The van der Waals surface area contributed by atoms with Gasteiger partial charge in [0.15, 0.2) is 0 Å². The van der Waals surface area contributed by atoms with Gasteiger partial charge in [-0.1, -0.05) is 48.2 Å². The molecule has 0 saturated carbocycles. The Labute approximate surface area is 158 Å². The van der Waals surface area contributed by atoms with E-state index in [1.54, 1.807) is 6.92 Å². The Morgan fingerprint density at radius 3 is 2.89 bits per heavy atom. The molecule has 1 aliphatic rings. The summed E-state index contributed by atoms with van der Waals surface area (Å²) in [5, 5.41) is 12.6. The second-order valence-corrected chi connectivity index (χ2v) is 5.95. The van der Waals surface area contributed by atoms with E-state index < -0.39 is 6.03 Å². The van der Waals surface area contributed by atoms with Crippen molar-refractivity contribution in [3.8, 4) is 11.8 Å². The van der Waals surface area contributed by atoms with Gasteiger partial charge < -0.3 is 10.1 Å². The molecule has 2 aromatic carbocycles. The van der Waals surface area contributed by atoms with Crippen LogP contribution in [0.1, 0.15) is 29.7 Å². The Morgan fingerprint density at radius 1 is 1.30 bits per heavy atom. The van der Waals surface area contributed by atoms with Crippen LogP contribution in [-0.4, -0.2) is 41.9 Å². The van der Waals surface area contributed by atoms with E-state index in [0.717, 1.165) is 16.7 Å². The second-order valence-electron chi connectivity index (χ2n) is 5.95. The number of hydrogen-bond donors (Lipinski definition) is 2. The molecule has 138 valence electrons. The SMILES string of the molecule is CCNC(=O)N(O)CC#Cc1cccc(C2=N[C@H](c3ccccc3)CO2)c1. The minimum Gasteiger partial charge on any atom is -0.475 e. The highest BCUT2D eigenvalue weighted by Gasteiger charge is 2.21. The third-order valence-corrected chi connectivity index (χ3v) is 3.97. The first-order valence-corrected chi connectivity index (χ1v) is 8.76. The second kappa shape index (κ2) is 8.88. The third kappa shape index (κ3) is 4.87. The number of hydroxylamine groups is 2. The fraction of sp³-hybridized carbons (Fsp3) is 0.238. The number of urea groups is 1. The summed E-state index contributed by atoms with van der Waals surface area (Å²) in [6.07, 6.45) is 0. The van der Waals surface area contributed by atoms with Gasteiger partial charge in [0.1, 0.15) is 19.2 Å². The topological polar surface area (TPSA) is 74.2 Å². The summed E-state index contributed by atoms with van der Waals surface area (Å²) in [5.74, 6) is 6.31. The molecule has 6 heteroatoms. The first kappa shape index (κ1) is 18.5. The number of nitrogens with zero attached hydrogens (tertiary/aromatic N) is 2. The molecule has 0 aliphatic carbocycles. The lowest BCUT2D eigenvalue weighted by Gasteiger charge is -2.11. The van der Waals surface area contributed by atoms with E-state index in [2.05, 4.69) is 22.2 Å². The summed E-state index contributed by atoms with van der Waals surface area (Å²) in [6.45, 7) is 2.65. The summed E-state index contributed by atoms with van der Waals surface area (Å²) in [6, 6.07) is 17.0. The standard InChI is InChI=1S/C21H21N3O3/c1-2-22-21(25)24(26)13-7-9-16-8-6-12-18(14-16)20-23-19(15-27-20)17-10-4-3-5-11-17/h3-6,8,10-12,14,19,26H,2,13,15H2,1H3,(H,22,25)/t19-/m0/s1. The number of hydrogen-bond acceptors (Lipinski definition) is 4. The van der Waals surface area contributed by atoms with Gasteiger partial charge in [-0.15, -0.1) is 0 Å². The molecule has 0 spiro atoms. The first-order valence-electron chi connectivity index (χ1n) is 8.76. The summed E-state index contributed by atoms with van der Waals surface area (Å²) in [7, 11) is 0. The monoisotopic (exact) mass is 363 g/mol. The highest BCUT2D eigenvalue weighted by molar-refractivity contribution is 5.95. The van der Waals surface area contributed by atoms with Crippen molar-refractivity contribution in [3.05, 3.63) is 71.3 Å².